The van der Waals surface area contributed by atoms with Crippen LogP contribution in [0.15, 0.2) is 60.7 Å². The van der Waals surface area contributed by atoms with E-state index in [-0.39, 0.29) is 11.1 Å². The van der Waals surface area contributed by atoms with Gasteiger partial charge in [-0.05, 0) is 23.2 Å². The van der Waals surface area contributed by atoms with Crippen LogP contribution in [0.25, 0.3) is 0 Å². The van der Waals surface area contributed by atoms with Gasteiger partial charge >= 0.3 is 10.5 Å². The van der Waals surface area contributed by atoms with Crippen LogP contribution < -0.4 is 0 Å². The van der Waals surface area contributed by atoms with Gasteiger partial charge in [-0.2, -0.15) is 19.6 Å². The van der Waals surface area contributed by atoms with Crippen LogP contribution in [0.1, 0.15) is 11.1 Å². The van der Waals surface area contributed by atoms with Gasteiger partial charge in [0.25, 0.3) is 0 Å². The lowest BCUT2D eigenvalue weighted by Gasteiger charge is -2.28. The fraction of sp³-hybridized carbons (Fsp3) is 0.143. The summed E-state index contributed by atoms with van der Waals surface area (Å²) in [5, 5.41) is 13.6. The number of hydrogen-bond donors (Lipinski definition) is 2. The van der Waals surface area contributed by atoms with E-state index < -0.39 is 10.5 Å². The molecule has 8 heteroatoms. The molecule has 0 heterocycles. The SMILES string of the molecule is OOC(Cl)(OOC(Cl)(OO)c1ccccc1)c1ccccc1. The molecule has 0 aliphatic rings. The molecule has 2 aromatic rings. The Morgan fingerprint density at radius 2 is 0.955 bits per heavy atom. The van der Waals surface area contributed by atoms with Crippen molar-refractivity contribution in [3.63, 3.8) is 0 Å². The predicted octanol–water partition coefficient (Wildman–Crippen LogP) is 4.01. The molecule has 6 nitrogen and oxygen atoms in total. The molecule has 0 bridgehead atoms. The van der Waals surface area contributed by atoms with Crippen molar-refractivity contribution >= 4 is 23.2 Å². The van der Waals surface area contributed by atoms with Crippen LogP contribution in [-0.2, 0) is 30.0 Å². The number of alkyl halides is 2. The molecule has 0 spiro atoms. The second kappa shape index (κ2) is 7.36. The minimum atomic E-state index is -2.20. The summed E-state index contributed by atoms with van der Waals surface area (Å²) in [6.07, 6.45) is 0. The first-order valence-corrected chi connectivity index (χ1v) is 6.80. The van der Waals surface area contributed by atoms with Crippen molar-refractivity contribution in [3.05, 3.63) is 71.8 Å². The monoisotopic (exact) mass is 346 g/mol. The van der Waals surface area contributed by atoms with Crippen molar-refractivity contribution < 1.29 is 30.1 Å². The molecule has 2 rings (SSSR count). The van der Waals surface area contributed by atoms with E-state index in [4.69, 9.17) is 43.5 Å². The largest absolute Gasteiger partial charge is 0.333 e. The highest BCUT2D eigenvalue weighted by Crippen LogP contribution is 2.37. The van der Waals surface area contributed by atoms with Gasteiger partial charge in [-0.25, -0.2) is 10.5 Å². The fourth-order valence-corrected chi connectivity index (χ4v) is 1.93. The number of halogens is 2. The lowest BCUT2D eigenvalue weighted by atomic mass is 10.2. The van der Waals surface area contributed by atoms with Gasteiger partial charge in [0.2, 0.25) is 0 Å². The third kappa shape index (κ3) is 3.75. The summed E-state index contributed by atoms with van der Waals surface area (Å²) in [6.45, 7) is 0. The van der Waals surface area contributed by atoms with Gasteiger partial charge in [-0.3, -0.25) is 0 Å². The van der Waals surface area contributed by atoms with Crippen molar-refractivity contribution in [2.75, 3.05) is 0 Å². The summed E-state index contributed by atoms with van der Waals surface area (Å²) in [7, 11) is 0. The van der Waals surface area contributed by atoms with Gasteiger partial charge in [0.15, 0.2) is 0 Å². The molecule has 2 aromatic carbocycles. The fourth-order valence-electron chi connectivity index (χ4n) is 1.61. The van der Waals surface area contributed by atoms with Crippen LogP contribution in [0, 0.1) is 0 Å². The van der Waals surface area contributed by atoms with Gasteiger partial charge in [0.05, 0.1) is 0 Å². The normalized spacial score (nSPS) is 16.7. The van der Waals surface area contributed by atoms with Gasteiger partial charge < -0.3 is 0 Å². The molecule has 118 valence electrons. The zero-order valence-electron chi connectivity index (χ0n) is 11.1. The Morgan fingerprint density at radius 3 is 1.23 bits per heavy atom. The van der Waals surface area contributed by atoms with Crippen LogP contribution in [0.4, 0.5) is 0 Å². The van der Waals surface area contributed by atoms with E-state index in [2.05, 4.69) is 9.78 Å². The molecule has 0 radical (unpaired) electrons. The van der Waals surface area contributed by atoms with E-state index in [1.54, 1.807) is 36.4 Å². The maximum atomic E-state index is 9.00. The van der Waals surface area contributed by atoms with Crippen molar-refractivity contribution in [1.29, 1.82) is 0 Å². The van der Waals surface area contributed by atoms with Gasteiger partial charge in [0.1, 0.15) is 0 Å². The standard InChI is InChI=1S/C14H12Cl2O6/c15-13(19-17,11-7-3-1-4-8-11)21-22-14(16,20-18)12-9-5-2-6-10-12/h1-10,17-18H. The van der Waals surface area contributed by atoms with Crippen molar-refractivity contribution in [1.82, 2.24) is 0 Å². The zero-order valence-corrected chi connectivity index (χ0v) is 12.6. The topological polar surface area (TPSA) is 77.4 Å². The summed E-state index contributed by atoms with van der Waals surface area (Å²) in [5.74, 6) is 0. The molecule has 2 N–H and O–H groups in total. The Morgan fingerprint density at radius 1 is 0.636 bits per heavy atom. The van der Waals surface area contributed by atoms with Crippen molar-refractivity contribution in [2.45, 2.75) is 10.5 Å². The second-order valence-electron chi connectivity index (χ2n) is 4.15. The summed E-state index contributed by atoms with van der Waals surface area (Å²) < 4.78 is 0. The highest BCUT2D eigenvalue weighted by atomic mass is 35.5. The third-order valence-electron chi connectivity index (χ3n) is 2.73. The molecule has 2 unspecified atom stereocenters. The van der Waals surface area contributed by atoms with Crippen molar-refractivity contribution in [2.24, 2.45) is 0 Å². The lowest BCUT2D eigenvalue weighted by molar-refractivity contribution is -0.545. The Hall–Kier alpha value is -1.22. The van der Waals surface area contributed by atoms with E-state index in [9.17, 15) is 0 Å². The summed E-state index contributed by atoms with van der Waals surface area (Å²) in [5.41, 5.74) is 0.452. The molecule has 0 aromatic heterocycles. The second-order valence-corrected chi connectivity index (χ2v) is 5.15. The highest BCUT2D eigenvalue weighted by Gasteiger charge is 2.41. The van der Waals surface area contributed by atoms with Gasteiger partial charge in [0, 0.05) is 11.1 Å². The zero-order chi connectivity index (χ0) is 16.1. The van der Waals surface area contributed by atoms with Crippen LogP contribution >= 0.6 is 23.2 Å². The third-order valence-corrected chi connectivity index (χ3v) is 3.43. The van der Waals surface area contributed by atoms with Crippen LogP contribution in [-0.4, -0.2) is 10.5 Å². The number of hydrogen-bond acceptors (Lipinski definition) is 6. The smallest absolute Gasteiger partial charge is 0.247 e. The molecular formula is C14H12Cl2O6. The van der Waals surface area contributed by atoms with Crippen LogP contribution in [0.5, 0.6) is 0 Å². The average Bonchev–Trinajstić information content (AvgIpc) is 2.61. The lowest BCUT2D eigenvalue weighted by Crippen LogP contribution is -2.33. The first-order chi connectivity index (χ1) is 10.5. The molecule has 22 heavy (non-hydrogen) atoms. The molecule has 2 atom stereocenters. The highest BCUT2D eigenvalue weighted by molar-refractivity contribution is 6.22. The maximum absolute atomic E-state index is 9.00. The molecule has 0 saturated carbocycles. The first-order valence-electron chi connectivity index (χ1n) is 6.05. The Bertz CT molecular complexity index is 531. The Balaban J connectivity index is 2.18. The van der Waals surface area contributed by atoms with E-state index in [1.807, 2.05) is 0 Å². The van der Waals surface area contributed by atoms with E-state index >= 15 is 0 Å². The summed E-state index contributed by atoms with van der Waals surface area (Å²) >= 11 is 12.0. The predicted molar refractivity (Wildman–Crippen MR) is 77.5 cm³/mol. The molecule has 0 saturated heterocycles. The summed E-state index contributed by atoms with van der Waals surface area (Å²) in [6, 6.07) is 16.1. The van der Waals surface area contributed by atoms with Crippen LogP contribution in [0.3, 0.4) is 0 Å². The minimum absolute atomic E-state index is 0.226. The molecule has 0 fully saturated rings. The maximum Gasteiger partial charge on any atom is 0.333 e. The Kier molecular flexibility index (Phi) is 5.74. The first kappa shape index (κ1) is 17.1. The van der Waals surface area contributed by atoms with Gasteiger partial charge in [-0.15, -0.1) is 0 Å². The minimum Gasteiger partial charge on any atom is -0.247 e. The molecular weight excluding hydrogens is 335 g/mol. The van der Waals surface area contributed by atoms with E-state index in [0.717, 1.165) is 0 Å². The number of benzene rings is 2. The molecule has 0 aliphatic heterocycles. The van der Waals surface area contributed by atoms with E-state index in [1.165, 1.54) is 24.3 Å². The van der Waals surface area contributed by atoms with Crippen LogP contribution in [0.2, 0.25) is 0 Å². The number of rotatable bonds is 7. The molecule has 0 aliphatic carbocycles. The molecule has 0 amide bonds. The van der Waals surface area contributed by atoms with E-state index in [0.29, 0.717) is 0 Å². The Labute approximate surface area is 136 Å². The quantitative estimate of drug-likeness (QED) is 0.341. The van der Waals surface area contributed by atoms with Crippen molar-refractivity contribution in [3.8, 4) is 0 Å². The van der Waals surface area contributed by atoms with Gasteiger partial charge in [-0.1, -0.05) is 60.7 Å². The average molecular weight is 347 g/mol. The summed E-state index contributed by atoms with van der Waals surface area (Å²) in [4.78, 5) is 17.9.